The average Bonchev–Trinajstić information content (AvgIpc) is 2.37. The molecule has 0 aromatic heterocycles. The predicted octanol–water partition coefficient (Wildman–Crippen LogP) is 4.96. The largest absolute Gasteiger partial charge is 0.480 e. The maximum absolute atomic E-state index is 11.8. The van der Waals surface area contributed by atoms with Gasteiger partial charge in [-0.2, -0.15) is 0 Å². The Kier molecular flexibility index (Phi) is 7.65. The molecule has 0 atom stereocenters. The molecule has 0 fully saturated rings. The van der Waals surface area contributed by atoms with Crippen LogP contribution in [0.15, 0.2) is 23.3 Å². The molecule has 0 aliphatic rings. The van der Waals surface area contributed by atoms with Gasteiger partial charge in [-0.3, -0.25) is 4.79 Å². The Labute approximate surface area is 112 Å². The van der Waals surface area contributed by atoms with Crippen LogP contribution in [0.25, 0.3) is 0 Å². The minimum absolute atomic E-state index is 0.703. The fourth-order valence-electron chi connectivity index (χ4n) is 2.46. The summed E-state index contributed by atoms with van der Waals surface area (Å²) in [5.41, 5.74) is 1.10. The Balaban J connectivity index is 5.18. The molecular weight excluding hydrogens is 224 g/mol. The van der Waals surface area contributed by atoms with Crippen molar-refractivity contribution in [3.63, 3.8) is 0 Å². The molecule has 2 heteroatoms. The van der Waals surface area contributed by atoms with Crippen molar-refractivity contribution in [1.29, 1.82) is 0 Å². The zero-order valence-corrected chi connectivity index (χ0v) is 12.5. The van der Waals surface area contributed by atoms with E-state index in [2.05, 4.69) is 6.92 Å². The minimum Gasteiger partial charge on any atom is -0.480 e. The van der Waals surface area contributed by atoms with Crippen molar-refractivity contribution in [3.8, 4) is 0 Å². The summed E-state index contributed by atoms with van der Waals surface area (Å²) in [6, 6.07) is 0. The van der Waals surface area contributed by atoms with E-state index in [4.69, 9.17) is 0 Å². The Bertz CT molecular complexity index is 306. The first-order valence-corrected chi connectivity index (χ1v) is 6.97. The molecule has 0 spiro atoms. The number of unbranched alkanes of at least 4 members (excludes halogenated alkanes) is 3. The first-order valence-electron chi connectivity index (χ1n) is 6.97. The number of hydrogen-bond donors (Lipinski definition) is 1. The highest BCUT2D eigenvalue weighted by atomic mass is 16.4. The van der Waals surface area contributed by atoms with Crippen LogP contribution in [0.2, 0.25) is 0 Å². The number of hydrogen-bond acceptors (Lipinski definition) is 1. The normalized spacial score (nSPS) is 16.5. The predicted molar refractivity (Wildman–Crippen MR) is 77.7 cm³/mol. The third-order valence-electron chi connectivity index (χ3n) is 3.98. The Morgan fingerprint density at radius 2 is 1.56 bits per heavy atom. The van der Waals surface area contributed by atoms with Crippen LogP contribution in [0.5, 0.6) is 0 Å². The van der Waals surface area contributed by atoms with Crippen LogP contribution >= 0.6 is 0 Å². The van der Waals surface area contributed by atoms with E-state index < -0.39 is 11.4 Å². The molecule has 2 nitrogen and oxygen atoms in total. The maximum atomic E-state index is 11.8. The lowest BCUT2D eigenvalue weighted by Crippen LogP contribution is -2.33. The van der Waals surface area contributed by atoms with Gasteiger partial charge in [0.2, 0.25) is 0 Å². The minimum atomic E-state index is -0.794. The van der Waals surface area contributed by atoms with Gasteiger partial charge in [-0.1, -0.05) is 55.9 Å². The first-order chi connectivity index (χ1) is 8.47. The fourth-order valence-corrected chi connectivity index (χ4v) is 2.46. The smallest absolute Gasteiger partial charge is 0.317 e. The highest BCUT2D eigenvalue weighted by Gasteiger charge is 2.40. The van der Waals surface area contributed by atoms with E-state index in [1.54, 1.807) is 0 Å². The number of rotatable bonds is 8. The van der Waals surface area contributed by atoms with Crippen LogP contribution in [-0.4, -0.2) is 11.1 Å². The number of aliphatic carboxylic acids is 1. The summed E-state index contributed by atoms with van der Waals surface area (Å²) in [7, 11) is 0. The number of carbonyl (C=O) groups is 1. The number of carboxylic acid groups (broad SMARTS) is 1. The van der Waals surface area contributed by atoms with E-state index in [9.17, 15) is 9.90 Å². The summed E-state index contributed by atoms with van der Waals surface area (Å²) in [6.45, 7) is 9.87. The molecule has 18 heavy (non-hydrogen) atoms. The second-order valence-corrected chi connectivity index (χ2v) is 4.96. The van der Waals surface area contributed by atoms with Crippen LogP contribution in [0, 0.1) is 5.41 Å². The van der Waals surface area contributed by atoms with Gasteiger partial charge in [0.05, 0.1) is 0 Å². The molecule has 0 saturated carbocycles. The maximum Gasteiger partial charge on any atom is 0.317 e. The molecular formula is C16H28O2. The van der Waals surface area contributed by atoms with Gasteiger partial charge >= 0.3 is 5.97 Å². The highest BCUT2D eigenvalue weighted by molar-refractivity contribution is 5.82. The third-order valence-corrected chi connectivity index (χ3v) is 3.98. The lowest BCUT2D eigenvalue weighted by Gasteiger charge is -2.32. The quantitative estimate of drug-likeness (QED) is 0.489. The third kappa shape index (κ3) is 3.72. The molecule has 1 N–H and O–H groups in total. The molecule has 0 bridgehead atoms. The van der Waals surface area contributed by atoms with E-state index in [-0.39, 0.29) is 0 Å². The summed E-state index contributed by atoms with van der Waals surface area (Å²) in [5.74, 6) is -0.717. The molecule has 0 heterocycles. The molecule has 104 valence electrons. The SMILES string of the molecule is CC=C(C)C(CCCCCC)(C(=O)O)C(C)=CC. The van der Waals surface area contributed by atoms with Crippen LogP contribution in [-0.2, 0) is 4.79 Å². The summed E-state index contributed by atoms with van der Waals surface area (Å²) < 4.78 is 0. The van der Waals surface area contributed by atoms with E-state index >= 15 is 0 Å². The second kappa shape index (κ2) is 8.12. The molecule has 0 saturated heterocycles. The summed E-state index contributed by atoms with van der Waals surface area (Å²) in [4.78, 5) is 11.8. The lowest BCUT2D eigenvalue weighted by molar-refractivity contribution is -0.145. The fraction of sp³-hybridized carbons (Fsp3) is 0.688. The van der Waals surface area contributed by atoms with Crippen molar-refractivity contribution in [2.24, 2.45) is 5.41 Å². The van der Waals surface area contributed by atoms with Crippen LogP contribution < -0.4 is 0 Å². The van der Waals surface area contributed by atoms with Crippen LogP contribution in [0.3, 0.4) is 0 Å². The van der Waals surface area contributed by atoms with Gasteiger partial charge < -0.3 is 5.11 Å². The number of carboxylic acids is 1. The van der Waals surface area contributed by atoms with Crippen molar-refractivity contribution in [1.82, 2.24) is 0 Å². The molecule has 0 rings (SSSR count). The van der Waals surface area contributed by atoms with E-state index in [0.717, 1.165) is 24.0 Å². The van der Waals surface area contributed by atoms with Crippen molar-refractivity contribution < 1.29 is 9.90 Å². The van der Waals surface area contributed by atoms with Gasteiger partial charge in [0, 0.05) is 0 Å². The van der Waals surface area contributed by atoms with E-state index in [1.165, 1.54) is 12.8 Å². The molecule has 0 unspecified atom stereocenters. The molecule has 0 aliphatic carbocycles. The topological polar surface area (TPSA) is 37.3 Å². The standard InChI is InChI=1S/C16H28O2/c1-6-9-10-11-12-16(15(17)18,13(4)7-2)14(5)8-3/h7-8H,6,9-12H2,1-5H3,(H,17,18). The zero-order chi connectivity index (χ0) is 14.2. The van der Waals surface area contributed by atoms with E-state index in [1.807, 2.05) is 39.8 Å². The number of allylic oxidation sites excluding steroid dienone is 2. The van der Waals surface area contributed by atoms with Crippen molar-refractivity contribution >= 4 is 5.97 Å². The zero-order valence-electron chi connectivity index (χ0n) is 12.5. The van der Waals surface area contributed by atoms with Gasteiger partial charge in [0.15, 0.2) is 0 Å². The van der Waals surface area contributed by atoms with Gasteiger partial charge in [-0.15, -0.1) is 0 Å². The Morgan fingerprint density at radius 1 is 1.06 bits per heavy atom. The molecule has 0 aromatic carbocycles. The summed E-state index contributed by atoms with van der Waals surface area (Å²) in [5, 5.41) is 9.70. The second-order valence-electron chi connectivity index (χ2n) is 4.96. The molecule has 0 radical (unpaired) electrons. The van der Waals surface area contributed by atoms with E-state index in [0.29, 0.717) is 6.42 Å². The van der Waals surface area contributed by atoms with Gasteiger partial charge in [-0.25, -0.2) is 0 Å². The van der Waals surface area contributed by atoms with Gasteiger partial charge in [-0.05, 0) is 34.1 Å². The summed E-state index contributed by atoms with van der Waals surface area (Å²) >= 11 is 0. The molecule has 0 aliphatic heterocycles. The average molecular weight is 252 g/mol. The van der Waals surface area contributed by atoms with Crippen molar-refractivity contribution in [2.75, 3.05) is 0 Å². The summed E-state index contributed by atoms with van der Waals surface area (Å²) in [6.07, 6.45) is 9.00. The molecule has 0 aromatic rings. The molecule has 0 amide bonds. The van der Waals surface area contributed by atoms with Crippen molar-refractivity contribution in [2.45, 2.75) is 66.7 Å². The van der Waals surface area contributed by atoms with Gasteiger partial charge in [0.1, 0.15) is 5.41 Å². The lowest BCUT2D eigenvalue weighted by atomic mass is 9.71. The monoisotopic (exact) mass is 252 g/mol. The Hall–Kier alpha value is -1.05. The van der Waals surface area contributed by atoms with Gasteiger partial charge in [0.25, 0.3) is 0 Å². The first kappa shape index (κ1) is 16.9. The highest BCUT2D eigenvalue weighted by Crippen LogP contribution is 2.41. The van der Waals surface area contributed by atoms with Crippen LogP contribution in [0.1, 0.15) is 66.7 Å². The Morgan fingerprint density at radius 3 is 1.89 bits per heavy atom. The van der Waals surface area contributed by atoms with Crippen LogP contribution in [0.4, 0.5) is 0 Å². The van der Waals surface area contributed by atoms with Crippen molar-refractivity contribution in [3.05, 3.63) is 23.3 Å².